The molecule has 0 bridgehead atoms. The van der Waals surface area contributed by atoms with Crippen molar-refractivity contribution in [3.8, 4) is 6.07 Å². The molecule has 0 aromatic carbocycles. The van der Waals surface area contributed by atoms with Crippen LogP contribution in [-0.4, -0.2) is 61.2 Å². The summed E-state index contributed by atoms with van der Waals surface area (Å²) in [6, 6.07) is 3.13. The third-order valence-corrected chi connectivity index (χ3v) is 4.45. The quantitative estimate of drug-likeness (QED) is 0.761. The first-order valence-corrected chi connectivity index (χ1v) is 7.65. The van der Waals surface area contributed by atoms with Crippen molar-refractivity contribution in [3.05, 3.63) is 0 Å². The summed E-state index contributed by atoms with van der Waals surface area (Å²) in [5.74, 6) is 0. The average Bonchev–Trinajstić information content (AvgIpc) is 2.42. The number of likely N-dealkylation sites (N-methyl/N-ethyl adjacent to an activating group) is 1. The van der Waals surface area contributed by atoms with Crippen molar-refractivity contribution in [2.45, 2.75) is 51.6 Å². The van der Waals surface area contributed by atoms with Crippen LogP contribution in [0.5, 0.6) is 0 Å². The maximum Gasteiger partial charge on any atom is 0.106 e. The molecule has 0 saturated carbocycles. The molecule has 1 saturated heterocycles. The molecular formula is C15H30N4. The summed E-state index contributed by atoms with van der Waals surface area (Å²) in [6.45, 7) is 11.9. The van der Waals surface area contributed by atoms with Crippen molar-refractivity contribution < 1.29 is 0 Å². The third-order valence-electron chi connectivity index (χ3n) is 4.45. The summed E-state index contributed by atoms with van der Waals surface area (Å²) in [5, 5.41) is 12.7. The van der Waals surface area contributed by atoms with Crippen LogP contribution in [0.15, 0.2) is 0 Å². The molecular weight excluding hydrogens is 236 g/mol. The van der Waals surface area contributed by atoms with Gasteiger partial charge < -0.3 is 9.80 Å². The van der Waals surface area contributed by atoms with Gasteiger partial charge in [-0.25, -0.2) is 0 Å². The van der Waals surface area contributed by atoms with Crippen LogP contribution in [0.25, 0.3) is 0 Å². The molecule has 1 aliphatic heterocycles. The van der Waals surface area contributed by atoms with E-state index in [1.54, 1.807) is 0 Å². The van der Waals surface area contributed by atoms with Gasteiger partial charge >= 0.3 is 0 Å². The van der Waals surface area contributed by atoms with Gasteiger partial charge in [-0.3, -0.25) is 5.32 Å². The number of nitrogens with one attached hydrogen (secondary N) is 1. The van der Waals surface area contributed by atoms with Crippen LogP contribution in [0.2, 0.25) is 0 Å². The summed E-state index contributed by atoms with van der Waals surface area (Å²) in [6.07, 6.45) is 2.94. The highest BCUT2D eigenvalue weighted by Gasteiger charge is 2.27. The second-order valence-corrected chi connectivity index (χ2v) is 5.81. The summed E-state index contributed by atoms with van der Waals surface area (Å²) in [5.41, 5.74) is -0.313. The first kappa shape index (κ1) is 16.4. The second-order valence-electron chi connectivity index (χ2n) is 5.81. The monoisotopic (exact) mass is 266 g/mol. The molecule has 4 heteroatoms. The lowest BCUT2D eigenvalue weighted by Crippen LogP contribution is -2.50. The maximum atomic E-state index is 9.39. The Balaban J connectivity index is 2.35. The molecule has 1 N–H and O–H groups in total. The number of hydrogen-bond donors (Lipinski definition) is 1. The highest BCUT2D eigenvalue weighted by atomic mass is 15.3. The normalized spacial score (nSPS) is 24.9. The van der Waals surface area contributed by atoms with Crippen molar-refractivity contribution in [1.29, 1.82) is 5.26 Å². The molecule has 0 spiro atoms. The van der Waals surface area contributed by atoms with E-state index in [0.717, 1.165) is 52.0 Å². The number of nitrogens with zero attached hydrogens (tertiary/aromatic N) is 3. The Labute approximate surface area is 118 Å². The van der Waals surface area contributed by atoms with Crippen LogP contribution in [0.3, 0.4) is 0 Å². The first-order chi connectivity index (χ1) is 9.06. The van der Waals surface area contributed by atoms with Crippen molar-refractivity contribution >= 4 is 0 Å². The summed E-state index contributed by atoms with van der Waals surface area (Å²) >= 11 is 0. The molecule has 0 aromatic heterocycles. The summed E-state index contributed by atoms with van der Waals surface area (Å²) in [7, 11) is 2.20. The van der Waals surface area contributed by atoms with Gasteiger partial charge in [0, 0.05) is 25.7 Å². The van der Waals surface area contributed by atoms with Gasteiger partial charge in [0.2, 0.25) is 0 Å². The number of hydrogen-bond acceptors (Lipinski definition) is 4. The molecule has 0 amide bonds. The van der Waals surface area contributed by atoms with Gasteiger partial charge in [-0.1, -0.05) is 13.8 Å². The Morgan fingerprint density at radius 1 is 1.37 bits per heavy atom. The minimum Gasteiger partial charge on any atom is -0.301 e. The van der Waals surface area contributed by atoms with Gasteiger partial charge in [-0.15, -0.1) is 0 Å². The molecule has 19 heavy (non-hydrogen) atoms. The molecule has 1 fully saturated rings. The predicted molar refractivity (Wildman–Crippen MR) is 80.1 cm³/mol. The van der Waals surface area contributed by atoms with E-state index in [1.165, 1.54) is 0 Å². The van der Waals surface area contributed by atoms with Crippen LogP contribution in [-0.2, 0) is 0 Å². The van der Waals surface area contributed by atoms with E-state index in [0.29, 0.717) is 6.04 Å². The van der Waals surface area contributed by atoms with Crippen LogP contribution in [0.4, 0.5) is 0 Å². The van der Waals surface area contributed by atoms with Crippen LogP contribution in [0, 0.1) is 11.3 Å². The van der Waals surface area contributed by atoms with E-state index >= 15 is 0 Å². The number of piperazine rings is 1. The van der Waals surface area contributed by atoms with Crippen LogP contribution in [0.1, 0.15) is 40.0 Å². The predicted octanol–water partition coefficient (Wildman–Crippen LogP) is 1.68. The smallest absolute Gasteiger partial charge is 0.106 e. The third kappa shape index (κ3) is 4.76. The fraction of sp³-hybridized carbons (Fsp3) is 0.933. The fourth-order valence-electron chi connectivity index (χ4n) is 2.83. The Morgan fingerprint density at radius 3 is 2.63 bits per heavy atom. The van der Waals surface area contributed by atoms with Gasteiger partial charge in [0.1, 0.15) is 5.54 Å². The highest BCUT2D eigenvalue weighted by Crippen LogP contribution is 2.17. The zero-order chi connectivity index (χ0) is 14.3. The lowest BCUT2D eigenvalue weighted by Gasteiger charge is -2.38. The van der Waals surface area contributed by atoms with Gasteiger partial charge in [0.25, 0.3) is 0 Å². The van der Waals surface area contributed by atoms with E-state index in [1.807, 2.05) is 0 Å². The molecule has 0 aromatic rings. The van der Waals surface area contributed by atoms with Gasteiger partial charge in [-0.05, 0) is 46.3 Å². The molecule has 1 heterocycles. The van der Waals surface area contributed by atoms with E-state index in [2.05, 4.69) is 49.0 Å². The van der Waals surface area contributed by atoms with E-state index < -0.39 is 0 Å². The molecule has 0 radical (unpaired) electrons. The molecule has 2 atom stereocenters. The summed E-state index contributed by atoms with van der Waals surface area (Å²) in [4.78, 5) is 4.95. The largest absolute Gasteiger partial charge is 0.301 e. The molecule has 2 unspecified atom stereocenters. The number of nitriles is 1. The van der Waals surface area contributed by atoms with Crippen LogP contribution < -0.4 is 5.32 Å². The standard InChI is InChI=1S/C15H30N4/c1-5-15(13-16,17-6-2)8-7-9-19-11-10-18(4)14(3)12-19/h14,17H,5-12H2,1-4H3. The fourth-order valence-corrected chi connectivity index (χ4v) is 2.83. The molecule has 4 nitrogen and oxygen atoms in total. The Kier molecular flexibility index (Phi) is 6.78. The minimum absolute atomic E-state index is 0.313. The molecule has 0 aliphatic carbocycles. The Hall–Kier alpha value is -0.630. The van der Waals surface area contributed by atoms with Gasteiger partial charge in [0.15, 0.2) is 0 Å². The average molecular weight is 266 g/mol. The van der Waals surface area contributed by atoms with Gasteiger partial charge in [-0.2, -0.15) is 5.26 Å². The molecule has 110 valence electrons. The molecule has 1 rings (SSSR count). The van der Waals surface area contributed by atoms with Crippen LogP contribution >= 0.6 is 0 Å². The summed E-state index contributed by atoms with van der Waals surface area (Å²) < 4.78 is 0. The van der Waals surface area contributed by atoms with E-state index in [4.69, 9.17) is 0 Å². The second kappa shape index (κ2) is 7.84. The van der Waals surface area contributed by atoms with Crippen molar-refractivity contribution in [1.82, 2.24) is 15.1 Å². The van der Waals surface area contributed by atoms with Crippen molar-refractivity contribution in [2.24, 2.45) is 0 Å². The maximum absolute atomic E-state index is 9.39. The molecule has 1 aliphatic rings. The highest BCUT2D eigenvalue weighted by molar-refractivity contribution is 5.06. The SMILES string of the molecule is CCNC(C#N)(CC)CCCN1CCN(C)C(C)C1. The van der Waals surface area contributed by atoms with Gasteiger partial charge in [0.05, 0.1) is 6.07 Å². The zero-order valence-electron chi connectivity index (χ0n) is 13.1. The van der Waals surface area contributed by atoms with Crippen molar-refractivity contribution in [2.75, 3.05) is 39.8 Å². The van der Waals surface area contributed by atoms with E-state index in [-0.39, 0.29) is 5.54 Å². The topological polar surface area (TPSA) is 42.3 Å². The lowest BCUT2D eigenvalue weighted by molar-refractivity contribution is 0.102. The zero-order valence-corrected chi connectivity index (χ0v) is 13.1. The first-order valence-electron chi connectivity index (χ1n) is 7.65. The number of rotatable bonds is 7. The Morgan fingerprint density at radius 2 is 2.11 bits per heavy atom. The lowest BCUT2D eigenvalue weighted by atomic mass is 9.91. The van der Waals surface area contributed by atoms with Crippen molar-refractivity contribution in [3.63, 3.8) is 0 Å². The van der Waals surface area contributed by atoms with E-state index in [9.17, 15) is 5.26 Å². The Bertz CT molecular complexity index is 299. The minimum atomic E-state index is -0.313.